The molecule has 13 nitrogen and oxygen atoms in total. The van der Waals surface area contributed by atoms with Gasteiger partial charge in [-0.15, -0.1) is 12.0 Å². The van der Waals surface area contributed by atoms with Crippen molar-refractivity contribution in [1.29, 1.82) is 0 Å². The molecule has 14 heteroatoms. The van der Waals surface area contributed by atoms with Crippen LogP contribution in [0.5, 0.6) is 23.0 Å². The number of nitrogen functional groups attached to an aromatic ring is 3. The van der Waals surface area contributed by atoms with Crippen LogP contribution >= 0.6 is 0 Å². The van der Waals surface area contributed by atoms with E-state index in [0.717, 1.165) is 11.1 Å². The minimum atomic E-state index is -1.48. The first kappa shape index (κ1) is 38.0. The summed E-state index contributed by atoms with van der Waals surface area (Å²) in [7, 11) is -1.48. The van der Waals surface area contributed by atoms with Gasteiger partial charge >= 0.3 is 0 Å². The predicted octanol–water partition coefficient (Wildman–Crippen LogP) is 5.71. The van der Waals surface area contributed by atoms with E-state index < -0.39 is 14.2 Å². The summed E-state index contributed by atoms with van der Waals surface area (Å²) in [5.74, 6) is 8.83. The fourth-order valence-corrected chi connectivity index (χ4v) is 4.46. The molecule has 0 aromatic carbocycles. The zero-order chi connectivity index (χ0) is 36.3. The zero-order valence-electron chi connectivity index (χ0n) is 29.4. The summed E-state index contributed by atoms with van der Waals surface area (Å²) in [6.07, 6.45) is 12.0. The highest BCUT2D eigenvalue weighted by Crippen LogP contribution is 2.34. The molecule has 0 saturated carbocycles. The van der Waals surface area contributed by atoms with E-state index in [9.17, 15) is 5.11 Å². The Bertz CT molecular complexity index is 1840. The number of nitrogens with two attached hydrogens (primary N) is 3. The minimum absolute atomic E-state index is 0.111. The standard InChI is InChI=1S/C18H23N5O2.C17H23N5OSi/c1-5-12-7-15(14(9-20-12)11(3)4)25-16-10-22-18(23-17(16)19)21-8-13(24)6-2;1-11(2)13-9-20-12(6-7-24(3,4)5)8-14(13)23-15-10-21-17(19)22-16(15)18/h1,7,9-11,13,24H,6,8H2,2-4H3,(H3,19,21,22,23);8-11H,1-5H3,(H4,18,19,21,22). The van der Waals surface area contributed by atoms with Crippen LogP contribution in [0.4, 0.5) is 23.5 Å². The summed E-state index contributed by atoms with van der Waals surface area (Å²) in [4.78, 5) is 24.8. The van der Waals surface area contributed by atoms with Crippen molar-refractivity contribution in [2.24, 2.45) is 0 Å². The SMILES string of the molecule is C#Cc1cc(Oc2cnc(NCC(O)CC)nc2N)c(C(C)C)cn1.CC(C)c1cnc(C#C[Si](C)(C)C)cc1Oc1cnc(N)nc1N. The van der Waals surface area contributed by atoms with Gasteiger partial charge in [-0.1, -0.05) is 66.1 Å². The molecular weight excluding hydrogens is 637 g/mol. The van der Waals surface area contributed by atoms with Crippen molar-refractivity contribution in [2.45, 2.75) is 78.6 Å². The molecule has 0 fully saturated rings. The van der Waals surface area contributed by atoms with E-state index in [4.69, 9.17) is 33.1 Å². The molecule has 4 aromatic heterocycles. The highest BCUT2D eigenvalue weighted by Gasteiger charge is 2.16. The van der Waals surface area contributed by atoms with E-state index in [0.29, 0.717) is 53.3 Å². The lowest BCUT2D eigenvalue weighted by atomic mass is 10.0. The van der Waals surface area contributed by atoms with Crippen LogP contribution in [0, 0.1) is 23.8 Å². The van der Waals surface area contributed by atoms with Gasteiger partial charge in [0.2, 0.25) is 11.9 Å². The molecule has 258 valence electrons. The number of pyridine rings is 2. The lowest BCUT2D eigenvalue weighted by Crippen LogP contribution is -2.19. The Kier molecular flexibility index (Phi) is 13.3. The van der Waals surface area contributed by atoms with Gasteiger partial charge in [-0.3, -0.25) is 0 Å². The van der Waals surface area contributed by atoms with Crippen molar-refractivity contribution in [1.82, 2.24) is 29.9 Å². The summed E-state index contributed by atoms with van der Waals surface area (Å²) < 4.78 is 11.8. The fourth-order valence-electron chi connectivity index (χ4n) is 3.95. The van der Waals surface area contributed by atoms with Crippen LogP contribution in [0.2, 0.25) is 19.6 Å². The Morgan fingerprint density at radius 2 is 1.33 bits per heavy atom. The molecule has 4 heterocycles. The van der Waals surface area contributed by atoms with E-state index in [-0.39, 0.29) is 29.4 Å². The average Bonchev–Trinajstić information content (AvgIpc) is 3.04. The highest BCUT2D eigenvalue weighted by atomic mass is 28.3. The van der Waals surface area contributed by atoms with E-state index in [2.05, 4.69) is 86.1 Å². The fraction of sp³-hybridized carbons (Fsp3) is 0.371. The van der Waals surface area contributed by atoms with Crippen molar-refractivity contribution in [3.8, 4) is 46.8 Å². The van der Waals surface area contributed by atoms with Crippen LogP contribution in [0.3, 0.4) is 0 Å². The number of rotatable bonds is 10. The highest BCUT2D eigenvalue weighted by molar-refractivity contribution is 6.83. The van der Waals surface area contributed by atoms with Crippen LogP contribution in [-0.4, -0.2) is 55.7 Å². The Balaban J connectivity index is 0.000000266. The Morgan fingerprint density at radius 1 is 0.796 bits per heavy atom. The maximum absolute atomic E-state index is 9.57. The molecule has 4 rings (SSSR count). The summed E-state index contributed by atoms with van der Waals surface area (Å²) >= 11 is 0. The molecule has 0 saturated heterocycles. The summed E-state index contributed by atoms with van der Waals surface area (Å²) in [5, 5.41) is 12.5. The van der Waals surface area contributed by atoms with Gasteiger partial charge in [0.25, 0.3) is 0 Å². The number of hydrogen-bond donors (Lipinski definition) is 5. The van der Waals surface area contributed by atoms with Crippen LogP contribution in [-0.2, 0) is 0 Å². The lowest BCUT2D eigenvalue weighted by Gasteiger charge is -2.15. The Hall–Kier alpha value is -5.44. The van der Waals surface area contributed by atoms with Crippen LogP contribution in [0.15, 0.2) is 36.9 Å². The molecule has 49 heavy (non-hydrogen) atoms. The Morgan fingerprint density at radius 3 is 1.82 bits per heavy atom. The number of anilines is 4. The topological polar surface area (TPSA) is 206 Å². The molecule has 0 aliphatic heterocycles. The number of terminal acetylenes is 1. The molecule has 1 atom stereocenters. The van der Waals surface area contributed by atoms with Gasteiger partial charge in [0.05, 0.1) is 18.5 Å². The predicted molar refractivity (Wildman–Crippen MR) is 197 cm³/mol. The van der Waals surface area contributed by atoms with Gasteiger partial charge < -0.3 is 37.1 Å². The molecule has 0 bridgehead atoms. The average molecular weight is 683 g/mol. The van der Waals surface area contributed by atoms with E-state index in [1.807, 2.05) is 26.8 Å². The second-order valence-electron chi connectivity index (χ2n) is 12.7. The van der Waals surface area contributed by atoms with Crippen LogP contribution in [0.1, 0.15) is 75.4 Å². The maximum atomic E-state index is 9.57. The quantitative estimate of drug-likeness (QED) is 0.100. The molecule has 0 aliphatic carbocycles. The summed E-state index contributed by atoms with van der Waals surface area (Å²) in [6.45, 7) is 17.0. The molecule has 0 aliphatic rings. The van der Waals surface area contributed by atoms with Gasteiger partial charge in [-0.05, 0) is 18.3 Å². The monoisotopic (exact) mass is 682 g/mol. The molecule has 0 spiro atoms. The van der Waals surface area contributed by atoms with E-state index in [1.165, 1.54) is 12.4 Å². The number of aromatic nitrogens is 6. The van der Waals surface area contributed by atoms with Gasteiger partial charge in [-0.2, -0.15) is 9.97 Å². The van der Waals surface area contributed by atoms with E-state index >= 15 is 0 Å². The maximum Gasteiger partial charge on any atom is 0.224 e. The number of aliphatic hydroxyl groups is 1. The zero-order valence-corrected chi connectivity index (χ0v) is 30.4. The number of hydrogen-bond acceptors (Lipinski definition) is 13. The normalized spacial score (nSPS) is 11.5. The number of aliphatic hydroxyl groups excluding tert-OH is 1. The smallest absolute Gasteiger partial charge is 0.224 e. The molecule has 4 aromatic rings. The first-order valence-electron chi connectivity index (χ1n) is 15.9. The van der Waals surface area contributed by atoms with Crippen molar-refractivity contribution >= 4 is 31.6 Å². The van der Waals surface area contributed by atoms with Crippen LogP contribution < -0.4 is 32.0 Å². The first-order valence-corrected chi connectivity index (χ1v) is 19.4. The van der Waals surface area contributed by atoms with Gasteiger partial charge in [0, 0.05) is 42.2 Å². The van der Waals surface area contributed by atoms with E-state index in [1.54, 1.807) is 18.5 Å². The molecular formula is C35H46N10O3Si. The van der Waals surface area contributed by atoms with Crippen molar-refractivity contribution < 1.29 is 14.6 Å². The second-order valence-corrected chi connectivity index (χ2v) is 17.5. The lowest BCUT2D eigenvalue weighted by molar-refractivity contribution is 0.183. The van der Waals surface area contributed by atoms with Crippen LogP contribution in [0.25, 0.3) is 0 Å². The minimum Gasteiger partial charge on any atom is -0.451 e. The van der Waals surface area contributed by atoms with Crippen molar-refractivity contribution in [3.05, 3.63) is 59.4 Å². The molecule has 0 radical (unpaired) electrons. The number of nitrogens with one attached hydrogen (secondary N) is 1. The number of nitrogens with zero attached hydrogens (tertiary/aromatic N) is 6. The first-order chi connectivity index (χ1) is 23.1. The molecule has 1 unspecified atom stereocenters. The summed E-state index contributed by atoms with van der Waals surface area (Å²) in [6, 6.07) is 3.52. The molecule has 8 N–H and O–H groups in total. The van der Waals surface area contributed by atoms with Crippen molar-refractivity contribution in [3.63, 3.8) is 0 Å². The number of ether oxygens (including phenoxy) is 2. The third-order valence-corrected chi connectivity index (χ3v) is 7.61. The molecule has 0 amide bonds. The summed E-state index contributed by atoms with van der Waals surface area (Å²) in [5.41, 5.74) is 23.7. The largest absolute Gasteiger partial charge is 0.451 e. The van der Waals surface area contributed by atoms with Gasteiger partial charge in [-0.25, -0.2) is 19.9 Å². The third-order valence-electron chi connectivity index (χ3n) is 6.74. The third kappa shape index (κ3) is 11.6. The second kappa shape index (κ2) is 17.1. The van der Waals surface area contributed by atoms with Gasteiger partial charge in [0.15, 0.2) is 23.1 Å². The van der Waals surface area contributed by atoms with Crippen molar-refractivity contribution in [2.75, 3.05) is 29.1 Å². The Labute approximate surface area is 289 Å². The van der Waals surface area contributed by atoms with Gasteiger partial charge in [0.1, 0.15) is 31.0 Å².